The van der Waals surface area contributed by atoms with Crippen molar-refractivity contribution >= 4 is 5.82 Å². The number of hydrogen-bond donors (Lipinski definition) is 1. The van der Waals surface area contributed by atoms with Crippen molar-refractivity contribution in [1.29, 1.82) is 0 Å². The van der Waals surface area contributed by atoms with Crippen LogP contribution >= 0.6 is 0 Å². The third kappa shape index (κ3) is 3.84. The lowest BCUT2D eigenvalue weighted by Crippen LogP contribution is -2.51. The van der Waals surface area contributed by atoms with Gasteiger partial charge in [-0.25, -0.2) is 4.98 Å². The first-order valence-electron chi connectivity index (χ1n) is 7.49. The second-order valence-corrected chi connectivity index (χ2v) is 4.88. The first-order valence-corrected chi connectivity index (χ1v) is 7.49. The van der Waals surface area contributed by atoms with Crippen molar-refractivity contribution in [2.75, 3.05) is 44.4 Å². The minimum absolute atomic E-state index is 0.310. The Hall–Kier alpha value is -1.33. The zero-order valence-corrected chi connectivity index (χ0v) is 12.5. The van der Waals surface area contributed by atoms with Gasteiger partial charge in [-0.15, -0.1) is 0 Å². The van der Waals surface area contributed by atoms with E-state index < -0.39 is 0 Å². The number of rotatable bonds is 7. The molecule has 1 aromatic rings. The molecule has 1 unspecified atom stereocenters. The quantitative estimate of drug-likeness (QED) is 0.770. The van der Waals surface area contributed by atoms with Gasteiger partial charge in [-0.2, -0.15) is 0 Å². The molecule has 1 atom stereocenters. The average molecular weight is 279 g/mol. The van der Waals surface area contributed by atoms with Crippen LogP contribution in [0.15, 0.2) is 18.3 Å². The van der Waals surface area contributed by atoms with Gasteiger partial charge in [0, 0.05) is 19.3 Å². The molecule has 0 radical (unpaired) electrons. The predicted octanol–water partition coefficient (Wildman–Crippen LogP) is 1.69. The first-order chi connectivity index (χ1) is 9.86. The van der Waals surface area contributed by atoms with Gasteiger partial charge in [0.25, 0.3) is 0 Å². The smallest absolute Gasteiger partial charge is 0.171 e. The fourth-order valence-corrected chi connectivity index (χ4v) is 2.41. The Kier molecular flexibility index (Phi) is 6.08. The van der Waals surface area contributed by atoms with Crippen LogP contribution in [0.5, 0.6) is 5.75 Å². The number of pyridine rings is 1. The molecule has 1 aromatic heterocycles. The zero-order valence-electron chi connectivity index (χ0n) is 12.5. The van der Waals surface area contributed by atoms with Crippen LogP contribution < -0.4 is 15.0 Å². The maximum Gasteiger partial charge on any atom is 0.171 e. The Morgan fingerprint density at radius 3 is 3.20 bits per heavy atom. The Morgan fingerprint density at radius 2 is 2.40 bits per heavy atom. The van der Waals surface area contributed by atoms with Gasteiger partial charge in [-0.1, -0.05) is 6.92 Å². The minimum atomic E-state index is 0.310. The minimum Gasteiger partial charge on any atom is -0.490 e. The summed E-state index contributed by atoms with van der Waals surface area (Å²) in [6.45, 7) is 9.11. The van der Waals surface area contributed by atoms with Crippen LogP contribution in [-0.4, -0.2) is 50.5 Å². The monoisotopic (exact) mass is 279 g/mol. The molecule has 20 heavy (non-hydrogen) atoms. The molecule has 0 aromatic carbocycles. The predicted molar refractivity (Wildman–Crippen MR) is 80.5 cm³/mol. The van der Waals surface area contributed by atoms with E-state index in [1.54, 1.807) is 0 Å². The Bertz CT molecular complexity index is 400. The molecule has 0 aliphatic carbocycles. The number of aromatic nitrogens is 1. The van der Waals surface area contributed by atoms with E-state index in [-0.39, 0.29) is 0 Å². The molecule has 0 amide bonds. The molecule has 0 saturated carbocycles. The van der Waals surface area contributed by atoms with Gasteiger partial charge >= 0.3 is 0 Å². The van der Waals surface area contributed by atoms with Crippen LogP contribution in [0.2, 0.25) is 0 Å². The highest BCUT2D eigenvalue weighted by Gasteiger charge is 2.26. The van der Waals surface area contributed by atoms with Crippen LogP contribution in [0.3, 0.4) is 0 Å². The average Bonchev–Trinajstić information content (AvgIpc) is 2.49. The van der Waals surface area contributed by atoms with Crippen molar-refractivity contribution in [2.45, 2.75) is 26.3 Å². The summed E-state index contributed by atoms with van der Waals surface area (Å²) in [5.41, 5.74) is 0. The van der Waals surface area contributed by atoms with Crippen LogP contribution in [0.25, 0.3) is 0 Å². The third-order valence-corrected chi connectivity index (χ3v) is 3.36. The van der Waals surface area contributed by atoms with Gasteiger partial charge < -0.3 is 19.7 Å². The van der Waals surface area contributed by atoms with Gasteiger partial charge in [-0.3, -0.25) is 0 Å². The summed E-state index contributed by atoms with van der Waals surface area (Å²) in [6.07, 6.45) is 2.96. The number of ether oxygens (including phenoxy) is 2. The molecule has 1 N–H and O–H groups in total. The van der Waals surface area contributed by atoms with Gasteiger partial charge in [0.2, 0.25) is 0 Å². The molecule has 0 spiro atoms. The summed E-state index contributed by atoms with van der Waals surface area (Å²) in [7, 11) is 0. The normalized spacial score (nSPS) is 19.1. The van der Waals surface area contributed by atoms with E-state index >= 15 is 0 Å². The summed E-state index contributed by atoms with van der Waals surface area (Å²) < 4.78 is 11.3. The molecular formula is C15H25N3O2. The molecule has 5 heteroatoms. The van der Waals surface area contributed by atoms with Crippen molar-refractivity contribution < 1.29 is 9.47 Å². The van der Waals surface area contributed by atoms with Crippen LogP contribution in [0.4, 0.5) is 5.82 Å². The van der Waals surface area contributed by atoms with E-state index in [1.165, 1.54) is 0 Å². The van der Waals surface area contributed by atoms with E-state index in [0.717, 1.165) is 50.8 Å². The molecule has 1 aliphatic heterocycles. The lowest BCUT2D eigenvalue weighted by Gasteiger charge is -2.37. The molecule has 1 saturated heterocycles. The topological polar surface area (TPSA) is 46.6 Å². The number of hydrogen-bond acceptors (Lipinski definition) is 5. The second-order valence-electron chi connectivity index (χ2n) is 4.88. The van der Waals surface area contributed by atoms with Crippen molar-refractivity contribution in [1.82, 2.24) is 10.3 Å². The van der Waals surface area contributed by atoms with E-state index in [9.17, 15) is 0 Å². The van der Waals surface area contributed by atoms with E-state index in [4.69, 9.17) is 9.47 Å². The number of anilines is 1. The summed E-state index contributed by atoms with van der Waals surface area (Å²) in [4.78, 5) is 6.82. The highest BCUT2D eigenvalue weighted by Crippen LogP contribution is 2.27. The fraction of sp³-hybridized carbons (Fsp3) is 0.667. The van der Waals surface area contributed by atoms with Crippen molar-refractivity contribution in [3.8, 4) is 5.75 Å². The van der Waals surface area contributed by atoms with Crippen LogP contribution in [0, 0.1) is 0 Å². The summed E-state index contributed by atoms with van der Waals surface area (Å²) >= 11 is 0. The van der Waals surface area contributed by atoms with Crippen molar-refractivity contribution in [2.24, 2.45) is 0 Å². The Balaban J connectivity index is 2.10. The number of nitrogens with zero attached hydrogens (tertiary/aromatic N) is 2. The molecule has 5 nitrogen and oxygen atoms in total. The maximum atomic E-state index is 5.70. The Morgan fingerprint density at radius 1 is 1.50 bits per heavy atom. The molecular weight excluding hydrogens is 254 g/mol. The van der Waals surface area contributed by atoms with E-state index in [1.807, 2.05) is 25.3 Å². The van der Waals surface area contributed by atoms with Crippen molar-refractivity contribution in [3.63, 3.8) is 0 Å². The van der Waals surface area contributed by atoms with Gasteiger partial charge in [0.1, 0.15) is 0 Å². The molecule has 1 aliphatic rings. The number of nitrogens with one attached hydrogen (secondary N) is 1. The fourth-order valence-electron chi connectivity index (χ4n) is 2.41. The van der Waals surface area contributed by atoms with Crippen LogP contribution in [-0.2, 0) is 4.74 Å². The molecule has 112 valence electrons. The summed E-state index contributed by atoms with van der Waals surface area (Å²) in [5, 5.41) is 3.47. The van der Waals surface area contributed by atoms with E-state index in [0.29, 0.717) is 12.6 Å². The molecule has 1 fully saturated rings. The molecule has 0 bridgehead atoms. The van der Waals surface area contributed by atoms with E-state index in [2.05, 4.69) is 22.1 Å². The lowest BCUT2D eigenvalue weighted by molar-refractivity contribution is 0.0930. The SMILES string of the molecule is CCCNCC1COCCN1c1ncccc1OCC. The Labute approximate surface area is 121 Å². The number of morpholine rings is 1. The standard InChI is InChI=1S/C15H25N3O2/c1-3-7-16-11-13-12-19-10-9-18(13)15-14(20-4-2)6-5-8-17-15/h5-6,8,13,16H,3-4,7,9-12H2,1-2H3. The highest BCUT2D eigenvalue weighted by molar-refractivity contribution is 5.53. The zero-order chi connectivity index (χ0) is 14.2. The molecule has 2 heterocycles. The largest absolute Gasteiger partial charge is 0.490 e. The van der Waals surface area contributed by atoms with Crippen LogP contribution in [0.1, 0.15) is 20.3 Å². The summed E-state index contributed by atoms with van der Waals surface area (Å²) in [6, 6.07) is 4.21. The molecule has 2 rings (SSSR count). The van der Waals surface area contributed by atoms with Crippen molar-refractivity contribution in [3.05, 3.63) is 18.3 Å². The second kappa shape index (κ2) is 8.07. The highest BCUT2D eigenvalue weighted by atomic mass is 16.5. The van der Waals surface area contributed by atoms with Gasteiger partial charge in [-0.05, 0) is 32.0 Å². The third-order valence-electron chi connectivity index (χ3n) is 3.36. The summed E-state index contributed by atoms with van der Waals surface area (Å²) in [5.74, 6) is 1.79. The first kappa shape index (κ1) is 15.1. The lowest BCUT2D eigenvalue weighted by atomic mass is 10.2. The maximum absolute atomic E-state index is 5.70. The van der Waals surface area contributed by atoms with Gasteiger partial charge in [0.05, 0.1) is 25.9 Å². The van der Waals surface area contributed by atoms with Gasteiger partial charge in [0.15, 0.2) is 11.6 Å².